The molecule has 1 aliphatic carbocycles. The molecule has 21 heavy (non-hydrogen) atoms. The molecule has 0 aliphatic heterocycles. The highest BCUT2D eigenvalue weighted by Crippen LogP contribution is 2.34. The molecular formula is C17H23N3S. The molecule has 0 radical (unpaired) electrons. The number of hydrogen-bond donors (Lipinski definition) is 1. The molecule has 1 fully saturated rings. The van der Waals surface area contributed by atoms with Crippen molar-refractivity contribution in [1.82, 2.24) is 15.3 Å². The molecule has 1 saturated carbocycles. The van der Waals surface area contributed by atoms with Crippen molar-refractivity contribution < 1.29 is 0 Å². The minimum atomic E-state index is 0.608. The molecule has 3 nitrogen and oxygen atoms in total. The monoisotopic (exact) mass is 301 g/mol. The first kappa shape index (κ1) is 14.8. The second kappa shape index (κ2) is 7.23. The molecule has 4 heteroatoms. The first-order valence-corrected chi connectivity index (χ1v) is 8.86. The third kappa shape index (κ3) is 3.55. The highest BCUT2D eigenvalue weighted by atomic mass is 32.2. The van der Waals surface area contributed by atoms with E-state index in [4.69, 9.17) is 0 Å². The maximum Gasteiger partial charge on any atom is 0.117 e. The predicted molar refractivity (Wildman–Crippen MR) is 89.7 cm³/mol. The average molecular weight is 301 g/mol. The first-order chi connectivity index (χ1) is 10.4. The average Bonchev–Trinajstić information content (AvgIpc) is 2.74. The summed E-state index contributed by atoms with van der Waals surface area (Å²) in [6.45, 7) is 3.25. The lowest BCUT2D eigenvalue weighted by Crippen LogP contribution is -2.37. The van der Waals surface area contributed by atoms with E-state index in [0.717, 1.165) is 17.1 Å². The van der Waals surface area contributed by atoms with Crippen LogP contribution in [0.15, 0.2) is 35.6 Å². The number of para-hydroxylation sites is 1. The van der Waals surface area contributed by atoms with Crippen LogP contribution >= 0.6 is 11.8 Å². The van der Waals surface area contributed by atoms with Crippen LogP contribution in [-0.4, -0.2) is 27.8 Å². The summed E-state index contributed by atoms with van der Waals surface area (Å²) < 4.78 is 0. The summed E-state index contributed by atoms with van der Waals surface area (Å²) in [5.74, 6) is 0. The van der Waals surface area contributed by atoms with Crippen LogP contribution in [0.3, 0.4) is 0 Å². The van der Waals surface area contributed by atoms with Gasteiger partial charge in [-0.2, -0.15) is 0 Å². The molecular weight excluding hydrogens is 278 g/mol. The Bertz CT molecular complexity index is 582. The Kier molecular flexibility index (Phi) is 5.09. The number of nitrogens with zero attached hydrogens (tertiary/aromatic N) is 2. The fourth-order valence-corrected chi connectivity index (χ4v) is 4.50. The van der Waals surface area contributed by atoms with Crippen molar-refractivity contribution in [1.29, 1.82) is 0 Å². The van der Waals surface area contributed by atoms with Crippen molar-refractivity contribution in [2.24, 2.45) is 0 Å². The van der Waals surface area contributed by atoms with E-state index in [0.29, 0.717) is 11.3 Å². The van der Waals surface area contributed by atoms with Crippen molar-refractivity contribution in [2.45, 2.75) is 55.3 Å². The first-order valence-electron chi connectivity index (χ1n) is 7.98. The molecule has 2 aromatic rings. The van der Waals surface area contributed by atoms with Crippen LogP contribution in [0.2, 0.25) is 0 Å². The van der Waals surface area contributed by atoms with Crippen LogP contribution in [0, 0.1) is 0 Å². The maximum atomic E-state index is 4.55. The summed E-state index contributed by atoms with van der Waals surface area (Å²) in [5.41, 5.74) is 1.05. The molecule has 1 heterocycles. The van der Waals surface area contributed by atoms with Crippen LogP contribution in [0.25, 0.3) is 10.9 Å². The van der Waals surface area contributed by atoms with Gasteiger partial charge in [0.15, 0.2) is 0 Å². The zero-order chi connectivity index (χ0) is 14.5. The Hall–Kier alpha value is -1.13. The molecule has 0 bridgehead atoms. The van der Waals surface area contributed by atoms with Crippen LogP contribution in [0.5, 0.6) is 0 Å². The lowest BCUT2D eigenvalue weighted by molar-refractivity contribution is 0.482. The highest BCUT2D eigenvalue weighted by Gasteiger charge is 2.24. The van der Waals surface area contributed by atoms with Crippen LogP contribution in [0.4, 0.5) is 0 Å². The number of hydrogen-bond acceptors (Lipinski definition) is 4. The second-order valence-electron chi connectivity index (χ2n) is 5.65. The SMILES string of the molecule is CCNC1CCCCCC1Sc1ncnc2ccccc12. The molecule has 2 unspecified atom stereocenters. The van der Waals surface area contributed by atoms with Gasteiger partial charge < -0.3 is 5.32 Å². The molecule has 1 aromatic heterocycles. The van der Waals surface area contributed by atoms with Crippen molar-refractivity contribution in [3.8, 4) is 0 Å². The largest absolute Gasteiger partial charge is 0.313 e. The van der Waals surface area contributed by atoms with Gasteiger partial charge in [-0.3, -0.25) is 0 Å². The Balaban J connectivity index is 1.85. The molecule has 1 aromatic carbocycles. The van der Waals surface area contributed by atoms with Gasteiger partial charge in [0.1, 0.15) is 11.4 Å². The predicted octanol–water partition coefficient (Wildman–Crippen LogP) is 4.03. The molecule has 3 rings (SSSR count). The zero-order valence-corrected chi connectivity index (χ0v) is 13.4. The Morgan fingerprint density at radius 1 is 1.14 bits per heavy atom. The smallest absolute Gasteiger partial charge is 0.117 e. The summed E-state index contributed by atoms with van der Waals surface area (Å²) >= 11 is 1.94. The van der Waals surface area contributed by atoms with Crippen molar-refractivity contribution in [3.05, 3.63) is 30.6 Å². The maximum absolute atomic E-state index is 4.55. The number of rotatable bonds is 4. The van der Waals surface area contributed by atoms with Crippen molar-refractivity contribution in [2.75, 3.05) is 6.54 Å². The number of fused-ring (bicyclic) bond motifs is 1. The summed E-state index contributed by atoms with van der Waals surface area (Å²) in [4.78, 5) is 8.92. The van der Waals surface area contributed by atoms with Crippen molar-refractivity contribution >= 4 is 22.7 Å². The minimum absolute atomic E-state index is 0.608. The fraction of sp³-hybridized carbons (Fsp3) is 0.529. The third-order valence-electron chi connectivity index (χ3n) is 4.19. The van der Waals surface area contributed by atoms with Crippen LogP contribution in [0.1, 0.15) is 39.0 Å². The van der Waals surface area contributed by atoms with E-state index in [2.05, 4.69) is 40.4 Å². The van der Waals surface area contributed by atoms with Crippen molar-refractivity contribution in [3.63, 3.8) is 0 Å². The summed E-state index contributed by atoms with van der Waals surface area (Å²) in [7, 11) is 0. The topological polar surface area (TPSA) is 37.8 Å². The molecule has 2 atom stereocenters. The highest BCUT2D eigenvalue weighted by molar-refractivity contribution is 8.00. The number of nitrogens with one attached hydrogen (secondary N) is 1. The number of benzene rings is 1. The van der Waals surface area contributed by atoms with Gasteiger partial charge in [0.2, 0.25) is 0 Å². The minimum Gasteiger partial charge on any atom is -0.313 e. The number of thioether (sulfide) groups is 1. The van der Waals surface area contributed by atoms with Crippen LogP contribution < -0.4 is 5.32 Å². The summed E-state index contributed by atoms with van der Waals surface area (Å²) in [6, 6.07) is 8.92. The normalized spacial score (nSPS) is 23.1. The van der Waals surface area contributed by atoms with Crippen LogP contribution in [-0.2, 0) is 0 Å². The van der Waals surface area contributed by atoms with E-state index in [1.807, 2.05) is 17.8 Å². The van der Waals surface area contributed by atoms with Gasteiger partial charge in [-0.25, -0.2) is 9.97 Å². The van der Waals surface area contributed by atoms with Gasteiger partial charge in [0, 0.05) is 16.7 Å². The lowest BCUT2D eigenvalue weighted by Gasteiger charge is -2.25. The molecule has 112 valence electrons. The number of aromatic nitrogens is 2. The molecule has 0 spiro atoms. The molecule has 0 amide bonds. The van der Waals surface area contributed by atoms with Gasteiger partial charge >= 0.3 is 0 Å². The molecule has 1 N–H and O–H groups in total. The van der Waals surface area contributed by atoms with E-state index in [-0.39, 0.29) is 0 Å². The lowest BCUT2D eigenvalue weighted by atomic mass is 10.1. The quantitative estimate of drug-likeness (QED) is 0.683. The Morgan fingerprint density at radius 2 is 2.00 bits per heavy atom. The van der Waals surface area contributed by atoms with E-state index in [1.165, 1.54) is 37.5 Å². The van der Waals surface area contributed by atoms with Gasteiger partial charge in [-0.15, -0.1) is 11.8 Å². The van der Waals surface area contributed by atoms with Gasteiger partial charge in [-0.05, 0) is 25.5 Å². The standard InChI is InChI=1S/C17H23N3S/c1-2-18-15-10-4-3-5-11-16(15)21-17-13-8-6-7-9-14(13)19-12-20-17/h6-9,12,15-16,18H,2-5,10-11H2,1H3. The van der Waals surface area contributed by atoms with E-state index >= 15 is 0 Å². The van der Waals surface area contributed by atoms with E-state index in [1.54, 1.807) is 6.33 Å². The zero-order valence-electron chi connectivity index (χ0n) is 12.6. The van der Waals surface area contributed by atoms with Gasteiger partial charge in [-0.1, -0.05) is 44.4 Å². The van der Waals surface area contributed by atoms with E-state index in [9.17, 15) is 0 Å². The Morgan fingerprint density at radius 3 is 2.90 bits per heavy atom. The fourth-order valence-electron chi connectivity index (χ4n) is 3.13. The second-order valence-corrected chi connectivity index (χ2v) is 6.88. The summed E-state index contributed by atoms with van der Waals surface area (Å²) in [6.07, 6.45) is 8.31. The Labute approximate surface area is 131 Å². The molecule has 1 aliphatic rings. The van der Waals surface area contributed by atoms with Gasteiger partial charge in [0.25, 0.3) is 0 Å². The van der Waals surface area contributed by atoms with Gasteiger partial charge in [0.05, 0.1) is 5.52 Å². The summed E-state index contributed by atoms with van der Waals surface area (Å²) in [5, 5.41) is 6.61. The third-order valence-corrected chi connectivity index (χ3v) is 5.60. The van der Waals surface area contributed by atoms with E-state index < -0.39 is 0 Å². The molecule has 0 saturated heterocycles.